The lowest BCUT2D eigenvalue weighted by atomic mass is 10.1. The van der Waals surface area contributed by atoms with Crippen LogP contribution in [-0.4, -0.2) is 107 Å². The van der Waals surface area contributed by atoms with Crippen molar-refractivity contribution in [2.24, 2.45) is 0 Å². The summed E-state index contributed by atoms with van der Waals surface area (Å²) >= 11 is 0. The summed E-state index contributed by atoms with van der Waals surface area (Å²) < 4.78 is 39.4. The van der Waals surface area contributed by atoms with Crippen LogP contribution in [0.25, 0.3) is 0 Å². The molecule has 0 aromatic heterocycles. The lowest BCUT2D eigenvalue weighted by Crippen LogP contribution is -2.41. The van der Waals surface area contributed by atoms with Crippen LogP contribution in [0.15, 0.2) is 0 Å². The second kappa shape index (κ2) is 18.3. The highest BCUT2D eigenvalue weighted by Crippen LogP contribution is 2.36. The summed E-state index contributed by atoms with van der Waals surface area (Å²) in [4.78, 5) is 0. The number of hydrogen-bond acceptors (Lipinski definition) is 8. The van der Waals surface area contributed by atoms with Gasteiger partial charge >= 0.3 is 0 Å². The van der Waals surface area contributed by atoms with Crippen molar-refractivity contribution >= 4 is 8.32 Å². The summed E-state index contributed by atoms with van der Waals surface area (Å²) in [5.74, 6) is 0. The van der Waals surface area contributed by atoms with Crippen LogP contribution in [0.4, 0.5) is 0 Å². The van der Waals surface area contributed by atoms with Crippen LogP contribution in [-0.2, 0) is 32.8 Å². The van der Waals surface area contributed by atoms with E-state index in [9.17, 15) is 0 Å². The molecule has 0 aromatic rings. The van der Waals surface area contributed by atoms with Crippen molar-refractivity contribution in [1.82, 2.24) is 5.32 Å². The SMILES string of the molecule is CC(C)(C)[Si](C)(C)OCCOCCOCCOCCOCCOCCOC1CCNCC1. The molecule has 9 heteroatoms. The largest absolute Gasteiger partial charge is 0.414 e. The number of hydrogen-bond donors (Lipinski definition) is 1. The van der Waals surface area contributed by atoms with Gasteiger partial charge in [0.2, 0.25) is 0 Å². The molecule has 1 saturated heterocycles. The molecule has 0 atom stereocenters. The van der Waals surface area contributed by atoms with Crippen LogP contribution in [0.3, 0.4) is 0 Å². The van der Waals surface area contributed by atoms with E-state index in [0.29, 0.717) is 85.4 Å². The summed E-state index contributed by atoms with van der Waals surface area (Å²) in [5, 5.41) is 3.56. The molecule has 1 rings (SSSR count). The first-order valence-corrected chi connectivity index (χ1v) is 15.1. The van der Waals surface area contributed by atoms with Crippen molar-refractivity contribution in [2.75, 3.05) is 92.4 Å². The first-order valence-electron chi connectivity index (χ1n) is 12.2. The molecule has 1 N–H and O–H groups in total. The van der Waals surface area contributed by atoms with Crippen molar-refractivity contribution in [3.8, 4) is 0 Å². The van der Waals surface area contributed by atoms with E-state index < -0.39 is 8.32 Å². The molecule has 0 aliphatic carbocycles. The quantitative estimate of drug-likeness (QED) is 0.211. The van der Waals surface area contributed by atoms with Crippen LogP contribution in [0.2, 0.25) is 18.1 Å². The molecule has 0 unspecified atom stereocenters. The molecule has 32 heavy (non-hydrogen) atoms. The standard InChI is InChI=1S/C23H49NO7Si/c1-23(2,3)32(4,5)31-21-19-29-17-15-27-13-11-25-10-12-26-14-16-28-18-20-30-22-6-8-24-9-7-22/h22,24H,6-21H2,1-5H3. The molecular formula is C23H49NO7Si. The van der Waals surface area contributed by atoms with E-state index >= 15 is 0 Å². The Kier molecular flexibility index (Phi) is 17.1. The third-order valence-corrected chi connectivity index (χ3v) is 10.4. The maximum Gasteiger partial charge on any atom is 0.192 e. The van der Waals surface area contributed by atoms with Gasteiger partial charge in [-0.1, -0.05) is 20.8 Å². The highest BCUT2D eigenvalue weighted by molar-refractivity contribution is 6.74. The van der Waals surface area contributed by atoms with E-state index in [1.807, 2.05) is 0 Å². The molecule has 1 heterocycles. The van der Waals surface area contributed by atoms with Crippen LogP contribution in [0.1, 0.15) is 33.6 Å². The van der Waals surface area contributed by atoms with E-state index in [1.165, 1.54) is 0 Å². The zero-order valence-corrected chi connectivity index (χ0v) is 22.2. The fourth-order valence-corrected chi connectivity index (χ4v) is 3.82. The molecule has 0 amide bonds. The Morgan fingerprint density at radius 1 is 0.625 bits per heavy atom. The average molecular weight is 480 g/mol. The molecule has 1 aliphatic heterocycles. The summed E-state index contributed by atoms with van der Waals surface area (Å²) in [5.41, 5.74) is 0. The van der Waals surface area contributed by atoms with E-state index in [4.69, 9.17) is 32.8 Å². The van der Waals surface area contributed by atoms with Gasteiger partial charge in [0.05, 0.1) is 85.4 Å². The van der Waals surface area contributed by atoms with Crippen LogP contribution in [0.5, 0.6) is 0 Å². The average Bonchev–Trinajstić information content (AvgIpc) is 2.75. The van der Waals surface area contributed by atoms with Crippen LogP contribution < -0.4 is 5.32 Å². The Hall–Kier alpha value is -0.103. The van der Waals surface area contributed by atoms with Gasteiger partial charge in [-0.2, -0.15) is 0 Å². The summed E-state index contributed by atoms with van der Waals surface area (Å²) in [6.07, 6.45) is 2.57. The molecule has 8 nitrogen and oxygen atoms in total. The minimum atomic E-state index is -1.67. The minimum Gasteiger partial charge on any atom is -0.414 e. The maximum absolute atomic E-state index is 6.07. The van der Waals surface area contributed by atoms with Gasteiger partial charge in [0, 0.05) is 0 Å². The number of nitrogens with one attached hydrogen (secondary N) is 1. The maximum atomic E-state index is 6.07. The Morgan fingerprint density at radius 2 is 1.00 bits per heavy atom. The minimum absolute atomic E-state index is 0.233. The highest BCUT2D eigenvalue weighted by Gasteiger charge is 2.36. The number of ether oxygens (including phenoxy) is 6. The Labute approximate surface area is 197 Å². The zero-order valence-electron chi connectivity index (χ0n) is 21.2. The smallest absolute Gasteiger partial charge is 0.192 e. The summed E-state index contributed by atoms with van der Waals surface area (Å²) in [6, 6.07) is 0. The van der Waals surface area contributed by atoms with Gasteiger partial charge in [-0.15, -0.1) is 0 Å². The molecule has 0 bridgehead atoms. The molecule has 0 spiro atoms. The van der Waals surface area contributed by atoms with Crippen molar-refractivity contribution in [2.45, 2.75) is 57.8 Å². The van der Waals surface area contributed by atoms with Crippen LogP contribution in [0, 0.1) is 0 Å². The molecule has 0 aromatic carbocycles. The number of rotatable bonds is 20. The van der Waals surface area contributed by atoms with Gasteiger partial charge in [-0.25, -0.2) is 0 Å². The molecular weight excluding hydrogens is 430 g/mol. The van der Waals surface area contributed by atoms with E-state index in [0.717, 1.165) is 25.9 Å². The fourth-order valence-electron chi connectivity index (χ4n) is 2.79. The molecule has 1 fully saturated rings. The first kappa shape index (κ1) is 29.9. The third-order valence-electron chi connectivity index (χ3n) is 5.85. The normalized spacial score (nSPS) is 16.0. The second-order valence-electron chi connectivity index (χ2n) is 9.49. The second-order valence-corrected chi connectivity index (χ2v) is 14.3. The van der Waals surface area contributed by atoms with Gasteiger partial charge in [0.1, 0.15) is 0 Å². The predicted molar refractivity (Wildman–Crippen MR) is 129 cm³/mol. The zero-order chi connectivity index (χ0) is 23.5. The number of piperidine rings is 1. The van der Waals surface area contributed by atoms with Crippen molar-refractivity contribution in [1.29, 1.82) is 0 Å². The van der Waals surface area contributed by atoms with E-state index in [1.54, 1.807) is 0 Å². The van der Waals surface area contributed by atoms with Gasteiger partial charge < -0.3 is 38.2 Å². The fraction of sp³-hybridized carbons (Fsp3) is 1.00. The predicted octanol–water partition coefficient (Wildman–Crippen LogP) is 2.86. The Morgan fingerprint density at radius 3 is 1.41 bits per heavy atom. The Bertz CT molecular complexity index is 429. The molecule has 192 valence electrons. The van der Waals surface area contributed by atoms with Crippen molar-refractivity contribution < 1.29 is 32.8 Å². The summed E-state index contributed by atoms with van der Waals surface area (Å²) in [7, 11) is -1.67. The first-order chi connectivity index (χ1) is 15.3. The summed E-state index contributed by atoms with van der Waals surface area (Å²) in [6.45, 7) is 20.4. The lowest BCUT2D eigenvalue weighted by molar-refractivity contribution is -0.0299. The highest BCUT2D eigenvalue weighted by atomic mass is 28.4. The van der Waals surface area contributed by atoms with Crippen LogP contribution >= 0.6 is 0 Å². The van der Waals surface area contributed by atoms with E-state index in [-0.39, 0.29) is 5.04 Å². The van der Waals surface area contributed by atoms with Gasteiger partial charge in [-0.05, 0) is 44.1 Å². The van der Waals surface area contributed by atoms with Gasteiger partial charge in [-0.3, -0.25) is 0 Å². The third kappa shape index (κ3) is 15.7. The molecule has 0 radical (unpaired) electrons. The topological polar surface area (TPSA) is 76.6 Å². The molecule has 1 aliphatic rings. The van der Waals surface area contributed by atoms with Gasteiger partial charge in [0.15, 0.2) is 8.32 Å². The lowest BCUT2D eigenvalue weighted by Gasteiger charge is -2.36. The monoisotopic (exact) mass is 479 g/mol. The van der Waals surface area contributed by atoms with Crippen molar-refractivity contribution in [3.63, 3.8) is 0 Å². The van der Waals surface area contributed by atoms with Gasteiger partial charge in [0.25, 0.3) is 0 Å². The van der Waals surface area contributed by atoms with E-state index in [2.05, 4.69) is 39.2 Å². The van der Waals surface area contributed by atoms with Crippen molar-refractivity contribution in [3.05, 3.63) is 0 Å². The Balaban J connectivity index is 1.71. The molecule has 0 saturated carbocycles.